The number of ether oxygens (including phenoxy) is 1. The molecule has 0 heterocycles. The van der Waals surface area contributed by atoms with Crippen LogP contribution >= 0.6 is 0 Å². The van der Waals surface area contributed by atoms with Gasteiger partial charge in [-0.15, -0.1) is 0 Å². The third-order valence-electron chi connectivity index (χ3n) is 4.72. The third kappa shape index (κ3) is 4.99. The second kappa shape index (κ2) is 9.72. The van der Waals surface area contributed by atoms with Crippen molar-refractivity contribution in [2.75, 3.05) is 19.0 Å². The Kier molecular flexibility index (Phi) is 6.82. The molecule has 0 spiro atoms. The Bertz CT molecular complexity index is 892. The van der Waals surface area contributed by atoms with Crippen molar-refractivity contribution in [3.8, 4) is 16.9 Å². The molecule has 0 saturated carbocycles. The zero-order chi connectivity index (χ0) is 19.8. The minimum absolute atomic E-state index is 0.0599. The highest BCUT2D eigenvalue weighted by Crippen LogP contribution is 2.27. The molecule has 3 rings (SSSR count). The Morgan fingerprint density at radius 3 is 2.29 bits per heavy atom. The number of nitrogens with one attached hydrogen (secondary N) is 2. The minimum Gasteiger partial charge on any atom is -0.497 e. The van der Waals surface area contributed by atoms with Crippen LogP contribution in [0.3, 0.4) is 0 Å². The molecule has 1 atom stereocenters. The van der Waals surface area contributed by atoms with E-state index in [-0.39, 0.29) is 18.5 Å². The van der Waals surface area contributed by atoms with E-state index < -0.39 is 0 Å². The highest BCUT2D eigenvalue weighted by molar-refractivity contribution is 5.96. The molecule has 28 heavy (non-hydrogen) atoms. The van der Waals surface area contributed by atoms with E-state index in [1.54, 1.807) is 7.11 Å². The molecule has 144 valence electrons. The Hall–Kier alpha value is -3.11. The Morgan fingerprint density at radius 2 is 1.61 bits per heavy atom. The number of anilines is 1. The minimum atomic E-state index is -0.0599. The first kappa shape index (κ1) is 19.6. The van der Waals surface area contributed by atoms with Gasteiger partial charge in [0, 0.05) is 17.3 Å². The van der Waals surface area contributed by atoms with Crippen LogP contribution in [0.5, 0.6) is 5.75 Å². The normalized spacial score (nSPS) is 11.6. The Morgan fingerprint density at radius 1 is 0.929 bits per heavy atom. The second-order valence-electron chi connectivity index (χ2n) is 6.57. The highest BCUT2D eigenvalue weighted by Gasteiger charge is 2.12. The van der Waals surface area contributed by atoms with Gasteiger partial charge in [0.2, 0.25) is 5.91 Å². The first-order chi connectivity index (χ1) is 13.7. The van der Waals surface area contributed by atoms with Crippen molar-refractivity contribution < 1.29 is 9.53 Å². The molecule has 3 aromatic rings. The van der Waals surface area contributed by atoms with Gasteiger partial charge in [-0.25, -0.2) is 0 Å². The summed E-state index contributed by atoms with van der Waals surface area (Å²) in [7, 11) is 1.65. The summed E-state index contributed by atoms with van der Waals surface area (Å²) >= 11 is 0. The van der Waals surface area contributed by atoms with Gasteiger partial charge in [-0.2, -0.15) is 0 Å². The van der Waals surface area contributed by atoms with Gasteiger partial charge < -0.3 is 15.4 Å². The Labute approximate surface area is 166 Å². The number of rotatable bonds is 8. The second-order valence-corrected chi connectivity index (χ2v) is 6.57. The van der Waals surface area contributed by atoms with E-state index in [1.165, 1.54) is 0 Å². The lowest BCUT2D eigenvalue weighted by molar-refractivity contribution is -0.115. The summed E-state index contributed by atoms with van der Waals surface area (Å²) in [5.74, 6) is 0.768. The maximum atomic E-state index is 12.6. The molecule has 0 unspecified atom stereocenters. The van der Waals surface area contributed by atoms with Crippen LogP contribution in [0.1, 0.15) is 24.9 Å². The molecule has 0 bridgehead atoms. The van der Waals surface area contributed by atoms with Gasteiger partial charge in [-0.3, -0.25) is 4.79 Å². The first-order valence-corrected chi connectivity index (χ1v) is 9.53. The number of amides is 1. The fraction of sp³-hybridized carbons (Fsp3) is 0.208. The molecule has 2 N–H and O–H groups in total. The van der Waals surface area contributed by atoms with Crippen LogP contribution in [0.4, 0.5) is 5.69 Å². The number of carbonyl (C=O) groups is 1. The van der Waals surface area contributed by atoms with E-state index >= 15 is 0 Å². The van der Waals surface area contributed by atoms with Gasteiger partial charge in [-0.05, 0) is 35.7 Å². The van der Waals surface area contributed by atoms with Crippen molar-refractivity contribution in [3.63, 3.8) is 0 Å². The van der Waals surface area contributed by atoms with Crippen molar-refractivity contribution >= 4 is 11.6 Å². The van der Waals surface area contributed by atoms with Crippen LogP contribution in [0.15, 0.2) is 78.9 Å². The van der Waals surface area contributed by atoms with Crippen molar-refractivity contribution in [3.05, 3.63) is 84.4 Å². The molecule has 0 aliphatic heterocycles. The lowest BCUT2D eigenvalue weighted by Crippen LogP contribution is -2.31. The van der Waals surface area contributed by atoms with Crippen molar-refractivity contribution in [1.29, 1.82) is 0 Å². The summed E-state index contributed by atoms with van der Waals surface area (Å²) in [4.78, 5) is 12.6. The van der Waals surface area contributed by atoms with Crippen LogP contribution in [0.2, 0.25) is 0 Å². The van der Waals surface area contributed by atoms with Crippen LogP contribution < -0.4 is 15.4 Å². The molecule has 4 heteroatoms. The molecule has 0 aromatic heterocycles. The van der Waals surface area contributed by atoms with E-state index in [0.29, 0.717) is 0 Å². The summed E-state index contributed by atoms with van der Waals surface area (Å²) in [6.07, 6.45) is 0.889. The molecule has 0 aliphatic rings. The van der Waals surface area contributed by atoms with E-state index in [9.17, 15) is 4.79 Å². The van der Waals surface area contributed by atoms with Crippen molar-refractivity contribution in [1.82, 2.24) is 5.32 Å². The zero-order valence-corrected chi connectivity index (χ0v) is 16.3. The molecule has 0 aliphatic carbocycles. The monoisotopic (exact) mass is 374 g/mol. The van der Waals surface area contributed by atoms with E-state index in [0.717, 1.165) is 34.5 Å². The fourth-order valence-electron chi connectivity index (χ4n) is 3.21. The largest absolute Gasteiger partial charge is 0.497 e. The predicted molar refractivity (Wildman–Crippen MR) is 115 cm³/mol. The molecule has 0 saturated heterocycles. The average Bonchev–Trinajstić information content (AvgIpc) is 2.75. The molecule has 0 fully saturated rings. The summed E-state index contributed by atoms with van der Waals surface area (Å²) in [5.41, 5.74) is 4.05. The van der Waals surface area contributed by atoms with E-state index in [1.807, 2.05) is 78.9 Å². The van der Waals surface area contributed by atoms with Crippen LogP contribution in [0.25, 0.3) is 11.1 Å². The first-order valence-electron chi connectivity index (χ1n) is 9.53. The molecule has 3 aromatic carbocycles. The Balaban J connectivity index is 1.64. The van der Waals surface area contributed by atoms with Gasteiger partial charge in [0.15, 0.2) is 0 Å². The SMILES string of the molecule is CC[C@@H](NCC(=O)Nc1ccccc1-c1ccccc1)c1ccc(OC)cc1. The van der Waals surface area contributed by atoms with Gasteiger partial charge >= 0.3 is 0 Å². The summed E-state index contributed by atoms with van der Waals surface area (Å²) in [6.45, 7) is 2.35. The zero-order valence-electron chi connectivity index (χ0n) is 16.3. The number of para-hydroxylation sites is 1. The molecule has 4 nitrogen and oxygen atoms in total. The quantitative estimate of drug-likeness (QED) is 0.581. The number of benzene rings is 3. The van der Waals surface area contributed by atoms with E-state index in [2.05, 4.69) is 17.6 Å². The molecule has 1 amide bonds. The average molecular weight is 374 g/mol. The predicted octanol–water partition coefficient (Wildman–Crippen LogP) is 5.04. The van der Waals surface area contributed by atoms with Gasteiger partial charge in [0.1, 0.15) is 5.75 Å². The topological polar surface area (TPSA) is 50.4 Å². The smallest absolute Gasteiger partial charge is 0.238 e. The fourth-order valence-corrected chi connectivity index (χ4v) is 3.21. The maximum Gasteiger partial charge on any atom is 0.238 e. The van der Waals surface area contributed by atoms with E-state index in [4.69, 9.17) is 4.74 Å². The number of hydrogen-bond donors (Lipinski definition) is 2. The molecule has 0 radical (unpaired) electrons. The lowest BCUT2D eigenvalue weighted by atomic mass is 10.0. The van der Waals surface area contributed by atoms with Crippen molar-refractivity contribution in [2.24, 2.45) is 0 Å². The molecular formula is C24H26N2O2. The third-order valence-corrected chi connectivity index (χ3v) is 4.72. The summed E-state index contributed by atoms with van der Waals surface area (Å²) < 4.78 is 5.21. The van der Waals surface area contributed by atoms with Crippen LogP contribution in [0, 0.1) is 0 Å². The lowest BCUT2D eigenvalue weighted by Gasteiger charge is -2.18. The van der Waals surface area contributed by atoms with Gasteiger partial charge in [-0.1, -0.05) is 67.6 Å². The number of methoxy groups -OCH3 is 1. The van der Waals surface area contributed by atoms with Crippen molar-refractivity contribution in [2.45, 2.75) is 19.4 Å². The van der Waals surface area contributed by atoms with Gasteiger partial charge in [0.05, 0.1) is 13.7 Å². The molecular weight excluding hydrogens is 348 g/mol. The summed E-state index contributed by atoms with van der Waals surface area (Å²) in [6, 6.07) is 26.0. The van der Waals surface area contributed by atoms with Crippen LogP contribution in [-0.2, 0) is 4.79 Å². The number of hydrogen-bond acceptors (Lipinski definition) is 3. The number of carbonyl (C=O) groups excluding carboxylic acids is 1. The highest BCUT2D eigenvalue weighted by atomic mass is 16.5. The van der Waals surface area contributed by atoms with Crippen LogP contribution in [-0.4, -0.2) is 19.6 Å². The van der Waals surface area contributed by atoms with Gasteiger partial charge in [0.25, 0.3) is 0 Å². The summed E-state index contributed by atoms with van der Waals surface area (Å²) in [5, 5.41) is 6.39. The standard InChI is InChI=1S/C24H26N2O2/c1-3-22(19-13-15-20(28-2)16-14-19)25-17-24(27)26-23-12-8-7-11-21(23)18-9-5-4-6-10-18/h4-16,22,25H,3,17H2,1-2H3,(H,26,27)/t22-/m1/s1. The maximum absolute atomic E-state index is 12.6.